The van der Waals surface area contributed by atoms with Gasteiger partial charge in [-0.1, -0.05) is 17.7 Å². The molecule has 2 amide bonds. The number of rotatable bonds is 2. The van der Waals surface area contributed by atoms with Crippen molar-refractivity contribution in [2.75, 3.05) is 6.54 Å². The van der Waals surface area contributed by atoms with Gasteiger partial charge in [-0.25, -0.2) is 17.9 Å². The number of urea groups is 1. The number of hydrogen-bond acceptors (Lipinski definition) is 4. The van der Waals surface area contributed by atoms with Crippen LogP contribution in [0.2, 0.25) is 0 Å². The molecule has 0 radical (unpaired) electrons. The van der Waals surface area contributed by atoms with E-state index in [1.54, 1.807) is 12.1 Å². The molecule has 2 rings (SSSR count). The van der Waals surface area contributed by atoms with Gasteiger partial charge in [0.05, 0.1) is 4.90 Å². The minimum Gasteiger partial charge on any atom is -0.295 e. The van der Waals surface area contributed by atoms with Gasteiger partial charge in [0.15, 0.2) is 0 Å². The van der Waals surface area contributed by atoms with Crippen LogP contribution in [-0.4, -0.2) is 26.8 Å². The molecule has 0 atom stereocenters. The maximum Gasteiger partial charge on any atom is 0.334 e. The molecule has 1 aromatic carbocycles. The first-order chi connectivity index (χ1) is 8.97. The number of carbonyl (C=O) groups excluding carboxylic acids is 1. The number of nitrogens with one attached hydrogen (secondary N) is 2. The molecule has 0 spiro atoms. The molecule has 1 aromatic rings. The molecule has 0 saturated carbocycles. The molecule has 6 nitrogen and oxygen atoms in total. The number of aryl methyl sites for hydroxylation is 1. The summed E-state index contributed by atoms with van der Waals surface area (Å²) in [6.45, 7) is 2.52. The summed E-state index contributed by atoms with van der Waals surface area (Å²) < 4.78 is 25.8. The number of carbonyl (C=O) groups is 1. The van der Waals surface area contributed by atoms with Crippen LogP contribution < -0.4 is 10.0 Å². The van der Waals surface area contributed by atoms with Crippen molar-refractivity contribution in [1.29, 1.82) is 0 Å². The second-order valence-electron chi connectivity index (χ2n) is 4.30. The highest BCUT2D eigenvalue weighted by Gasteiger charge is 2.18. The number of aliphatic imine (C=N–C) groups is 1. The largest absolute Gasteiger partial charge is 0.334 e. The van der Waals surface area contributed by atoms with Crippen LogP contribution in [0.25, 0.3) is 0 Å². The van der Waals surface area contributed by atoms with Crippen LogP contribution in [0, 0.1) is 6.92 Å². The van der Waals surface area contributed by atoms with Crippen molar-refractivity contribution in [3.8, 4) is 0 Å². The zero-order valence-corrected chi connectivity index (χ0v) is 11.3. The summed E-state index contributed by atoms with van der Waals surface area (Å²) in [4.78, 5) is 15.7. The molecule has 1 aliphatic rings. The van der Waals surface area contributed by atoms with Crippen LogP contribution in [0.1, 0.15) is 18.4 Å². The molecule has 0 unspecified atom stereocenters. The minimum atomic E-state index is -3.83. The molecule has 102 valence electrons. The SMILES string of the molecule is Cc1ccc(S(=O)(=O)NC(=O)NC2=NCCC2)cc1. The van der Waals surface area contributed by atoms with Crippen LogP contribution in [0.3, 0.4) is 0 Å². The predicted molar refractivity (Wildman–Crippen MR) is 71.6 cm³/mol. The monoisotopic (exact) mass is 281 g/mol. The fourth-order valence-electron chi connectivity index (χ4n) is 1.70. The molecule has 7 heteroatoms. The minimum absolute atomic E-state index is 0.0570. The summed E-state index contributed by atoms with van der Waals surface area (Å²) in [5, 5.41) is 2.44. The zero-order valence-electron chi connectivity index (χ0n) is 10.5. The Morgan fingerprint density at radius 2 is 1.95 bits per heavy atom. The van der Waals surface area contributed by atoms with Crippen molar-refractivity contribution < 1.29 is 13.2 Å². The first-order valence-electron chi connectivity index (χ1n) is 5.91. The predicted octanol–water partition coefficient (Wildman–Crippen LogP) is 1.18. The first kappa shape index (κ1) is 13.5. The summed E-state index contributed by atoms with van der Waals surface area (Å²) in [5.41, 5.74) is 0.948. The highest BCUT2D eigenvalue weighted by atomic mass is 32.2. The third kappa shape index (κ3) is 3.54. The van der Waals surface area contributed by atoms with E-state index in [1.165, 1.54) is 12.1 Å². The number of nitrogens with zero attached hydrogens (tertiary/aromatic N) is 1. The van der Waals surface area contributed by atoms with Crippen LogP contribution in [-0.2, 0) is 10.0 Å². The van der Waals surface area contributed by atoms with E-state index < -0.39 is 16.1 Å². The molecule has 2 N–H and O–H groups in total. The second-order valence-corrected chi connectivity index (χ2v) is 5.99. The van der Waals surface area contributed by atoms with E-state index in [2.05, 4.69) is 10.3 Å². The van der Waals surface area contributed by atoms with Gasteiger partial charge in [0.1, 0.15) is 5.84 Å². The van der Waals surface area contributed by atoms with E-state index in [9.17, 15) is 13.2 Å². The van der Waals surface area contributed by atoms with E-state index in [1.807, 2.05) is 11.6 Å². The van der Waals surface area contributed by atoms with Crippen LogP contribution in [0.5, 0.6) is 0 Å². The van der Waals surface area contributed by atoms with Crippen molar-refractivity contribution in [1.82, 2.24) is 10.0 Å². The Kier molecular flexibility index (Phi) is 3.84. The second kappa shape index (κ2) is 5.40. The highest BCUT2D eigenvalue weighted by Crippen LogP contribution is 2.09. The summed E-state index contributed by atoms with van der Waals surface area (Å²) in [6, 6.07) is 5.48. The molecule has 1 aliphatic heterocycles. The van der Waals surface area contributed by atoms with E-state index in [0.29, 0.717) is 18.8 Å². The standard InChI is InChI=1S/C12H15N3O3S/c1-9-4-6-10(7-5-9)19(17,18)15-12(16)14-11-3-2-8-13-11/h4-7H,2-3,8H2,1H3,(H2,13,14,15,16). The third-order valence-electron chi connectivity index (χ3n) is 2.69. The summed E-state index contributed by atoms with van der Waals surface area (Å²) in [5.74, 6) is 0.525. The molecular formula is C12H15N3O3S. The smallest absolute Gasteiger partial charge is 0.295 e. The Labute approximate surface area is 112 Å². The average molecular weight is 281 g/mol. The fraction of sp³-hybridized carbons (Fsp3) is 0.333. The van der Waals surface area contributed by atoms with Gasteiger partial charge in [-0.15, -0.1) is 0 Å². The Bertz CT molecular complexity index is 606. The quantitative estimate of drug-likeness (QED) is 0.853. The summed E-state index contributed by atoms with van der Waals surface area (Å²) in [7, 11) is -3.83. The van der Waals surface area contributed by atoms with E-state index >= 15 is 0 Å². The van der Waals surface area contributed by atoms with Gasteiger partial charge in [0.2, 0.25) is 0 Å². The Morgan fingerprint density at radius 1 is 1.26 bits per heavy atom. The molecule has 0 saturated heterocycles. The fourth-order valence-corrected chi connectivity index (χ4v) is 2.60. The van der Waals surface area contributed by atoms with Gasteiger partial charge in [0.25, 0.3) is 10.0 Å². The van der Waals surface area contributed by atoms with Crippen LogP contribution >= 0.6 is 0 Å². The van der Waals surface area contributed by atoms with Crippen molar-refractivity contribution in [2.45, 2.75) is 24.7 Å². The number of sulfonamides is 1. The topological polar surface area (TPSA) is 87.6 Å². The Hall–Kier alpha value is -1.89. The zero-order chi connectivity index (χ0) is 13.9. The van der Waals surface area contributed by atoms with Gasteiger partial charge in [-0.3, -0.25) is 10.3 Å². The van der Waals surface area contributed by atoms with Gasteiger partial charge in [-0.05, 0) is 25.5 Å². The lowest BCUT2D eigenvalue weighted by atomic mass is 10.2. The maximum absolute atomic E-state index is 11.9. The number of benzene rings is 1. The molecule has 0 aromatic heterocycles. The van der Waals surface area contributed by atoms with Gasteiger partial charge in [-0.2, -0.15) is 0 Å². The Balaban J connectivity index is 2.04. The molecule has 19 heavy (non-hydrogen) atoms. The van der Waals surface area contributed by atoms with Crippen molar-refractivity contribution in [2.24, 2.45) is 4.99 Å². The van der Waals surface area contributed by atoms with Crippen LogP contribution in [0.4, 0.5) is 4.79 Å². The lowest BCUT2D eigenvalue weighted by Gasteiger charge is -2.08. The normalized spacial score (nSPS) is 14.9. The first-order valence-corrected chi connectivity index (χ1v) is 7.39. The molecule has 1 heterocycles. The maximum atomic E-state index is 11.9. The summed E-state index contributed by atoms with van der Waals surface area (Å²) in [6.07, 6.45) is 1.54. The van der Waals surface area contributed by atoms with Gasteiger partial charge < -0.3 is 0 Å². The van der Waals surface area contributed by atoms with Gasteiger partial charge >= 0.3 is 6.03 Å². The van der Waals surface area contributed by atoms with E-state index in [4.69, 9.17) is 0 Å². The average Bonchev–Trinajstić information content (AvgIpc) is 2.81. The lowest BCUT2D eigenvalue weighted by Crippen LogP contribution is -2.41. The van der Waals surface area contributed by atoms with Crippen molar-refractivity contribution >= 4 is 21.9 Å². The van der Waals surface area contributed by atoms with Crippen LogP contribution in [0.15, 0.2) is 34.2 Å². The lowest BCUT2D eigenvalue weighted by molar-refractivity contribution is 0.250. The molecule has 0 bridgehead atoms. The van der Waals surface area contributed by atoms with E-state index in [-0.39, 0.29) is 4.90 Å². The molecule has 0 fully saturated rings. The Morgan fingerprint density at radius 3 is 2.53 bits per heavy atom. The molecule has 0 aliphatic carbocycles. The van der Waals surface area contributed by atoms with Gasteiger partial charge in [0, 0.05) is 13.0 Å². The molecular weight excluding hydrogens is 266 g/mol. The van der Waals surface area contributed by atoms with Crippen molar-refractivity contribution in [3.05, 3.63) is 29.8 Å². The number of hydrogen-bond donors (Lipinski definition) is 2. The highest BCUT2D eigenvalue weighted by molar-refractivity contribution is 7.90. The third-order valence-corrected chi connectivity index (χ3v) is 4.04. The summed E-state index contributed by atoms with van der Waals surface area (Å²) >= 11 is 0. The number of amides is 2. The van der Waals surface area contributed by atoms with E-state index in [0.717, 1.165) is 12.0 Å². The van der Waals surface area contributed by atoms with Crippen molar-refractivity contribution in [3.63, 3.8) is 0 Å². The number of amidine groups is 1.